The average Bonchev–Trinajstić information content (AvgIpc) is 2.78. The van der Waals surface area contributed by atoms with Crippen LogP contribution in [0.5, 0.6) is 0 Å². The highest BCUT2D eigenvalue weighted by Gasteiger charge is 2.20. The van der Waals surface area contributed by atoms with Crippen molar-refractivity contribution in [3.8, 4) is 0 Å². The Morgan fingerprint density at radius 1 is 1.47 bits per heavy atom. The highest BCUT2D eigenvalue weighted by Crippen LogP contribution is 2.11. The Balaban J connectivity index is 2.47. The van der Waals surface area contributed by atoms with Crippen LogP contribution in [0.1, 0.15) is 18.7 Å². The predicted octanol–water partition coefficient (Wildman–Crippen LogP) is 0.0853. The minimum atomic E-state index is -1.32. The normalized spacial score (nSPS) is 13.8. The molecule has 0 aliphatic carbocycles. The molecule has 1 aromatic rings. The van der Waals surface area contributed by atoms with Crippen LogP contribution in [-0.2, 0) is 4.79 Å². The number of amides is 2. The second-order valence-corrected chi connectivity index (χ2v) is 3.43. The van der Waals surface area contributed by atoms with Gasteiger partial charge in [0, 0.05) is 0 Å². The maximum atomic E-state index is 11.4. The first-order chi connectivity index (χ1) is 8.04. The van der Waals surface area contributed by atoms with Crippen LogP contribution < -0.4 is 10.6 Å². The first-order valence-corrected chi connectivity index (χ1v) is 4.98. The standard InChI is InChI=1S/C10H14N2O5/c1-6(8-3-2-4-17-8)11-10(16)12-7(5-13)9(14)15/h2-4,6-7,13H,5H2,1H3,(H,14,15)(H2,11,12,16). The zero-order valence-corrected chi connectivity index (χ0v) is 9.21. The van der Waals surface area contributed by atoms with Crippen molar-refractivity contribution in [1.82, 2.24) is 10.6 Å². The molecule has 17 heavy (non-hydrogen) atoms. The number of aliphatic hydroxyl groups is 1. The Morgan fingerprint density at radius 3 is 2.65 bits per heavy atom. The molecule has 1 rings (SSSR count). The number of aliphatic carboxylic acids is 1. The van der Waals surface area contributed by atoms with E-state index in [4.69, 9.17) is 14.6 Å². The van der Waals surface area contributed by atoms with Gasteiger partial charge in [-0.3, -0.25) is 0 Å². The molecule has 0 saturated heterocycles. The molecule has 0 bridgehead atoms. The summed E-state index contributed by atoms with van der Waals surface area (Å²) in [6.45, 7) is 1.02. The number of aliphatic hydroxyl groups excluding tert-OH is 1. The van der Waals surface area contributed by atoms with Crippen LogP contribution in [0.2, 0.25) is 0 Å². The van der Waals surface area contributed by atoms with Crippen LogP contribution in [0.4, 0.5) is 4.79 Å². The lowest BCUT2D eigenvalue weighted by Gasteiger charge is -2.15. The molecule has 94 valence electrons. The van der Waals surface area contributed by atoms with E-state index >= 15 is 0 Å². The summed E-state index contributed by atoms with van der Waals surface area (Å²) in [5, 5.41) is 21.9. The quantitative estimate of drug-likeness (QED) is 0.584. The van der Waals surface area contributed by atoms with Crippen LogP contribution in [0, 0.1) is 0 Å². The molecule has 0 radical (unpaired) electrons. The van der Waals surface area contributed by atoms with Crippen molar-refractivity contribution < 1.29 is 24.2 Å². The number of nitrogens with one attached hydrogen (secondary N) is 2. The number of carboxylic acids is 1. The van der Waals surface area contributed by atoms with E-state index in [0.717, 1.165) is 0 Å². The summed E-state index contributed by atoms with van der Waals surface area (Å²) in [5.74, 6) is -0.746. The van der Waals surface area contributed by atoms with E-state index < -0.39 is 30.7 Å². The molecule has 1 aromatic heterocycles. The Bertz CT molecular complexity index is 376. The zero-order valence-electron chi connectivity index (χ0n) is 9.21. The fourth-order valence-electron chi connectivity index (χ4n) is 1.19. The number of carbonyl (C=O) groups excluding carboxylic acids is 1. The van der Waals surface area contributed by atoms with Gasteiger partial charge in [-0.15, -0.1) is 0 Å². The summed E-state index contributed by atoms with van der Waals surface area (Å²) in [5.41, 5.74) is 0. The summed E-state index contributed by atoms with van der Waals surface area (Å²) in [6, 6.07) is 0.970. The summed E-state index contributed by atoms with van der Waals surface area (Å²) >= 11 is 0. The topological polar surface area (TPSA) is 112 Å². The maximum Gasteiger partial charge on any atom is 0.328 e. The number of hydrogen-bond donors (Lipinski definition) is 4. The van der Waals surface area contributed by atoms with Crippen molar-refractivity contribution in [2.45, 2.75) is 19.0 Å². The third-order valence-electron chi connectivity index (χ3n) is 2.10. The van der Waals surface area contributed by atoms with E-state index in [1.807, 2.05) is 0 Å². The van der Waals surface area contributed by atoms with Gasteiger partial charge in [-0.1, -0.05) is 0 Å². The van der Waals surface area contributed by atoms with Crippen LogP contribution in [0.25, 0.3) is 0 Å². The second kappa shape index (κ2) is 5.90. The highest BCUT2D eigenvalue weighted by molar-refractivity contribution is 5.82. The van der Waals surface area contributed by atoms with Crippen molar-refractivity contribution >= 4 is 12.0 Å². The summed E-state index contributed by atoms with van der Waals surface area (Å²) in [6.07, 6.45) is 1.47. The van der Waals surface area contributed by atoms with Gasteiger partial charge in [0.25, 0.3) is 0 Å². The van der Waals surface area contributed by atoms with Crippen molar-refractivity contribution in [3.63, 3.8) is 0 Å². The van der Waals surface area contributed by atoms with Gasteiger partial charge in [0.1, 0.15) is 5.76 Å². The minimum Gasteiger partial charge on any atom is -0.480 e. The first kappa shape index (κ1) is 13.0. The molecule has 0 aromatic carbocycles. The van der Waals surface area contributed by atoms with E-state index in [0.29, 0.717) is 5.76 Å². The smallest absolute Gasteiger partial charge is 0.328 e. The Labute approximate surface area is 97.4 Å². The molecule has 2 atom stereocenters. The molecule has 0 aliphatic heterocycles. The van der Waals surface area contributed by atoms with Gasteiger partial charge < -0.3 is 25.3 Å². The summed E-state index contributed by atoms with van der Waals surface area (Å²) in [4.78, 5) is 21.9. The number of hydrogen-bond acceptors (Lipinski definition) is 4. The van der Waals surface area contributed by atoms with Gasteiger partial charge in [-0.2, -0.15) is 0 Å². The van der Waals surface area contributed by atoms with Crippen LogP contribution in [0.3, 0.4) is 0 Å². The lowest BCUT2D eigenvalue weighted by Crippen LogP contribution is -2.48. The summed E-state index contributed by atoms with van der Waals surface area (Å²) < 4.78 is 5.07. The third-order valence-corrected chi connectivity index (χ3v) is 2.10. The van der Waals surface area contributed by atoms with Crippen molar-refractivity contribution in [1.29, 1.82) is 0 Å². The van der Waals surface area contributed by atoms with E-state index in [9.17, 15) is 9.59 Å². The molecular weight excluding hydrogens is 228 g/mol. The van der Waals surface area contributed by atoms with Gasteiger partial charge in [-0.25, -0.2) is 9.59 Å². The Hall–Kier alpha value is -2.02. The van der Waals surface area contributed by atoms with Gasteiger partial charge in [-0.05, 0) is 19.1 Å². The monoisotopic (exact) mass is 242 g/mol. The fraction of sp³-hybridized carbons (Fsp3) is 0.400. The first-order valence-electron chi connectivity index (χ1n) is 4.98. The van der Waals surface area contributed by atoms with E-state index in [-0.39, 0.29) is 0 Å². The third kappa shape index (κ3) is 3.80. The molecule has 1 heterocycles. The summed E-state index contributed by atoms with van der Waals surface area (Å²) in [7, 11) is 0. The van der Waals surface area contributed by atoms with Crippen molar-refractivity contribution in [2.24, 2.45) is 0 Å². The number of carbonyl (C=O) groups is 2. The van der Waals surface area contributed by atoms with Gasteiger partial charge >= 0.3 is 12.0 Å². The van der Waals surface area contributed by atoms with Crippen molar-refractivity contribution in [2.75, 3.05) is 6.61 Å². The Morgan fingerprint density at radius 2 is 2.18 bits per heavy atom. The number of rotatable bonds is 5. The Kier molecular flexibility index (Phi) is 4.53. The largest absolute Gasteiger partial charge is 0.480 e. The van der Waals surface area contributed by atoms with E-state index in [2.05, 4.69) is 10.6 Å². The second-order valence-electron chi connectivity index (χ2n) is 3.43. The molecule has 7 nitrogen and oxygen atoms in total. The SMILES string of the molecule is CC(NC(=O)NC(CO)C(=O)O)c1ccco1. The zero-order chi connectivity index (χ0) is 12.8. The van der Waals surface area contributed by atoms with Crippen LogP contribution >= 0.6 is 0 Å². The number of urea groups is 1. The van der Waals surface area contributed by atoms with Crippen LogP contribution in [0.15, 0.2) is 22.8 Å². The molecular formula is C10H14N2O5. The van der Waals surface area contributed by atoms with Crippen molar-refractivity contribution in [3.05, 3.63) is 24.2 Å². The molecule has 4 N–H and O–H groups in total. The van der Waals surface area contributed by atoms with E-state index in [1.54, 1.807) is 19.1 Å². The molecule has 0 spiro atoms. The van der Waals surface area contributed by atoms with Crippen LogP contribution in [-0.4, -0.2) is 34.9 Å². The maximum absolute atomic E-state index is 11.4. The predicted molar refractivity (Wildman–Crippen MR) is 57.3 cm³/mol. The molecule has 0 aliphatic rings. The molecule has 0 fully saturated rings. The van der Waals surface area contributed by atoms with Gasteiger partial charge in [0.2, 0.25) is 0 Å². The van der Waals surface area contributed by atoms with Gasteiger partial charge in [0.05, 0.1) is 18.9 Å². The lowest BCUT2D eigenvalue weighted by atomic mass is 10.2. The molecule has 2 unspecified atom stereocenters. The molecule has 2 amide bonds. The molecule has 0 saturated carbocycles. The highest BCUT2D eigenvalue weighted by atomic mass is 16.4. The number of furan rings is 1. The number of carboxylic acid groups (broad SMARTS) is 1. The van der Waals surface area contributed by atoms with E-state index in [1.165, 1.54) is 6.26 Å². The lowest BCUT2D eigenvalue weighted by molar-refractivity contribution is -0.140. The minimum absolute atomic E-state index is 0.391. The average molecular weight is 242 g/mol. The molecule has 7 heteroatoms. The van der Waals surface area contributed by atoms with Gasteiger partial charge in [0.15, 0.2) is 6.04 Å². The fourth-order valence-corrected chi connectivity index (χ4v) is 1.19.